The van der Waals surface area contributed by atoms with E-state index < -0.39 is 18.2 Å². The number of hydrogen-bond donors (Lipinski definition) is 1. The molecule has 0 fully saturated rings. The zero-order valence-electron chi connectivity index (χ0n) is 9.01. The van der Waals surface area contributed by atoms with Crippen molar-refractivity contribution in [1.82, 2.24) is 0 Å². The van der Waals surface area contributed by atoms with Gasteiger partial charge < -0.3 is 9.84 Å². The first kappa shape index (κ1) is 12.8. The first-order valence-electron chi connectivity index (χ1n) is 4.78. The molecule has 0 radical (unpaired) electrons. The van der Waals surface area contributed by atoms with Crippen LogP contribution in [-0.2, 0) is 5.60 Å². The van der Waals surface area contributed by atoms with Gasteiger partial charge in [-0.05, 0) is 24.1 Å². The zero-order valence-corrected chi connectivity index (χ0v) is 9.01. The summed E-state index contributed by atoms with van der Waals surface area (Å²) in [6.07, 6.45) is -5.11. The molecule has 16 heavy (non-hydrogen) atoms. The van der Waals surface area contributed by atoms with Crippen LogP contribution in [0.3, 0.4) is 0 Å². The van der Waals surface area contributed by atoms with Crippen LogP contribution >= 0.6 is 0 Å². The molecule has 1 aromatic rings. The molecule has 1 aromatic carbocycles. The predicted molar refractivity (Wildman–Crippen MR) is 53.2 cm³/mol. The minimum atomic E-state index is -4.68. The molecule has 1 N–H and O–H groups in total. The molecular formula is C11H13F3O2. The summed E-state index contributed by atoms with van der Waals surface area (Å²) < 4.78 is 42.9. The minimum Gasteiger partial charge on any atom is -0.497 e. The fourth-order valence-electron chi connectivity index (χ4n) is 1.43. The number of methoxy groups -OCH3 is 1. The summed E-state index contributed by atoms with van der Waals surface area (Å²) >= 11 is 0. The monoisotopic (exact) mass is 234 g/mol. The Hall–Kier alpha value is -1.23. The van der Waals surface area contributed by atoms with E-state index in [1.54, 1.807) is 0 Å². The number of alkyl halides is 3. The molecule has 1 atom stereocenters. The van der Waals surface area contributed by atoms with E-state index in [0.29, 0.717) is 5.75 Å². The normalized spacial score (nSPS) is 15.6. The van der Waals surface area contributed by atoms with Gasteiger partial charge in [0.1, 0.15) is 5.75 Å². The van der Waals surface area contributed by atoms with Gasteiger partial charge in [0.05, 0.1) is 7.11 Å². The van der Waals surface area contributed by atoms with Gasteiger partial charge in [0.25, 0.3) is 0 Å². The first-order chi connectivity index (χ1) is 7.35. The van der Waals surface area contributed by atoms with E-state index in [2.05, 4.69) is 0 Å². The Balaban J connectivity index is 3.13. The van der Waals surface area contributed by atoms with E-state index in [9.17, 15) is 18.3 Å². The van der Waals surface area contributed by atoms with Crippen LogP contribution in [0, 0.1) is 0 Å². The van der Waals surface area contributed by atoms with Gasteiger partial charge in [-0.1, -0.05) is 19.1 Å². The lowest BCUT2D eigenvalue weighted by atomic mass is 9.90. The highest BCUT2D eigenvalue weighted by atomic mass is 19.4. The average molecular weight is 234 g/mol. The Morgan fingerprint density at radius 3 is 2.00 bits per heavy atom. The molecule has 0 aliphatic heterocycles. The molecule has 0 aliphatic carbocycles. The number of aliphatic hydroxyl groups is 1. The second-order valence-electron chi connectivity index (χ2n) is 3.44. The third-order valence-electron chi connectivity index (χ3n) is 2.55. The standard InChI is InChI=1S/C11H13F3O2/c1-3-10(15,11(12,13)14)8-4-6-9(16-2)7-5-8/h4-7,15H,3H2,1-2H3. The van der Waals surface area contributed by atoms with E-state index in [1.165, 1.54) is 38.3 Å². The summed E-state index contributed by atoms with van der Waals surface area (Å²) in [5.74, 6) is 0.448. The zero-order chi connectivity index (χ0) is 12.4. The molecule has 0 heterocycles. The summed E-state index contributed by atoms with van der Waals surface area (Å²) in [4.78, 5) is 0. The topological polar surface area (TPSA) is 29.5 Å². The van der Waals surface area contributed by atoms with Crippen LogP contribution in [-0.4, -0.2) is 18.4 Å². The maximum absolute atomic E-state index is 12.7. The Bertz CT molecular complexity index is 345. The van der Waals surface area contributed by atoms with E-state index in [-0.39, 0.29) is 5.56 Å². The van der Waals surface area contributed by atoms with Crippen LogP contribution in [0.25, 0.3) is 0 Å². The maximum Gasteiger partial charge on any atom is 0.421 e. The quantitative estimate of drug-likeness (QED) is 0.871. The number of hydrogen-bond acceptors (Lipinski definition) is 2. The third-order valence-corrected chi connectivity index (χ3v) is 2.55. The summed E-state index contributed by atoms with van der Waals surface area (Å²) in [5.41, 5.74) is -2.97. The van der Waals surface area contributed by atoms with Crippen LogP contribution in [0.2, 0.25) is 0 Å². The molecule has 0 amide bonds. The molecule has 0 saturated heterocycles. The molecular weight excluding hydrogens is 221 g/mol. The predicted octanol–water partition coefficient (Wildman–Crippen LogP) is 2.86. The van der Waals surface area contributed by atoms with E-state index in [1.807, 2.05) is 0 Å². The molecule has 5 heteroatoms. The smallest absolute Gasteiger partial charge is 0.421 e. The largest absolute Gasteiger partial charge is 0.497 e. The van der Waals surface area contributed by atoms with Crippen molar-refractivity contribution in [3.8, 4) is 5.75 Å². The summed E-state index contributed by atoms with van der Waals surface area (Å²) in [7, 11) is 1.42. The van der Waals surface area contributed by atoms with Crippen molar-refractivity contribution < 1.29 is 23.0 Å². The molecule has 1 unspecified atom stereocenters. The van der Waals surface area contributed by atoms with Gasteiger partial charge in [-0.25, -0.2) is 0 Å². The van der Waals surface area contributed by atoms with Gasteiger partial charge in [-0.15, -0.1) is 0 Å². The molecule has 0 spiro atoms. The number of benzene rings is 1. The average Bonchev–Trinajstić information content (AvgIpc) is 2.26. The molecule has 1 rings (SSSR count). The van der Waals surface area contributed by atoms with Gasteiger partial charge in [0.15, 0.2) is 5.60 Å². The number of halogens is 3. The van der Waals surface area contributed by atoms with E-state index in [0.717, 1.165) is 0 Å². The van der Waals surface area contributed by atoms with Gasteiger partial charge in [0, 0.05) is 0 Å². The second kappa shape index (κ2) is 4.33. The van der Waals surface area contributed by atoms with Gasteiger partial charge in [-0.2, -0.15) is 13.2 Å². The molecule has 90 valence electrons. The van der Waals surface area contributed by atoms with Crippen LogP contribution in [0.5, 0.6) is 5.75 Å². The lowest BCUT2D eigenvalue weighted by molar-refractivity contribution is -0.267. The Labute approximate surface area is 91.7 Å². The summed E-state index contributed by atoms with van der Waals surface area (Å²) in [6.45, 7) is 1.29. The molecule has 0 bridgehead atoms. The minimum absolute atomic E-state index is 0.177. The van der Waals surface area contributed by atoms with Crippen molar-refractivity contribution in [3.63, 3.8) is 0 Å². The van der Waals surface area contributed by atoms with Crippen molar-refractivity contribution in [1.29, 1.82) is 0 Å². The van der Waals surface area contributed by atoms with Gasteiger partial charge in [0.2, 0.25) is 0 Å². The number of ether oxygens (including phenoxy) is 1. The van der Waals surface area contributed by atoms with Crippen molar-refractivity contribution in [3.05, 3.63) is 29.8 Å². The van der Waals surface area contributed by atoms with Gasteiger partial charge in [-0.3, -0.25) is 0 Å². The fraction of sp³-hybridized carbons (Fsp3) is 0.455. The van der Waals surface area contributed by atoms with Crippen molar-refractivity contribution in [2.75, 3.05) is 7.11 Å². The second-order valence-corrected chi connectivity index (χ2v) is 3.44. The Morgan fingerprint density at radius 1 is 1.19 bits per heavy atom. The van der Waals surface area contributed by atoms with Crippen LogP contribution in [0.4, 0.5) is 13.2 Å². The highest BCUT2D eigenvalue weighted by Gasteiger charge is 2.53. The Kier molecular flexibility index (Phi) is 3.48. The first-order valence-corrected chi connectivity index (χ1v) is 4.78. The fourth-order valence-corrected chi connectivity index (χ4v) is 1.43. The number of rotatable bonds is 3. The summed E-state index contributed by atoms with van der Waals surface area (Å²) in [6, 6.07) is 5.22. The lowest BCUT2D eigenvalue weighted by Gasteiger charge is -2.29. The van der Waals surface area contributed by atoms with Crippen LogP contribution in [0.15, 0.2) is 24.3 Å². The van der Waals surface area contributed by atoms with Crippen LogP contribution < -0.4 is 4.74 Å². The van der Waals surface area contributed by atoms with E-state index in [4.69, 9.17) is 4.74 Å². The molecule has 2 nitrogen and oxygen atoms in total. The molecule has 0 aliphatic rings. The van der Waals surface area contributed by atoms with Crippen LogP contribution in [0.1, 0.15) is 18.9 Å². The molecule has 0 saturated carbocycles. The third kappa shape index (κ3) is 2.14. The van der Waals surface area contributed by atoms with Crippen molar-refractivity contribution in [2.45, 2.75) is 25.1 Å². The molecule has 0 aromatic heterocycles. The maximum atomic E-state index is 12.7. The van der Waals surface area contributed by atoms with Crippen molar-refractivity contribution in [2.24, 2.45) is 0 Å². The SMILES string of the molecule is CCC(O)(c1ccc(OC)cc1)C(F)(F)F. The summed E-state index contributed by atoms with van der Waals surface area (Å²) in [5, 5.41) is 9.63. The lowest BCUT2D eigenvalue weighted by Crippen LogP contribution is -2.41. The van der Waals surface area contributed by atoms with E-state index >= 15 is 0 Å². The highest BCUT2D eigenvalue weighted by molar-refractivity contribution is 5.31. The Morgan fingerprint density at radius 2 is 1.69 bits per heavy atom. The van der Waals surface area contributed by atoms with Gasteiger partial charge >= 0.3 is 6.18 Å². The van der Waals surface area contributed by atoms with Crippen molar-refractivity contribution >= 4 is 0 Å². The highest BCUT2D eigenvalue weighted by Crippen LogP contribution is 2.41.